The third kappa shape index (κ3) is 4.92. The van der Waals surface area contributed by atoms with Gasteiger partial charge in [-0.3, -0.25) is 9.10 Å². The molecule has 32 heavy (non-hydrogen) atoms. The van der Waals surface area contributed by atoms with Crippen molar-refractivity contribution in [1.29, 1.82) is 0 Å². The van der Waals surface area contributed by atoms with Gasteiger partial charge in [-0.1, -0.05) is 42.5 Å². The van der Waals surface area contributed by atoms with Crippen LogP contribution in [0.5, 0.6) is 0 Å². The predicted octanol–water partition coefficient (Wildman–Crippen LogP) is 3.48. The van der Waals surface area contributed by atoms with Crippen LogP contribution in [-0.2, 0) is 21.4 Å². The smallest absolute Gasteiger partial charge is 0.251 e. The van der Waals surface area contributed by atoms with E-state index in [0.29, 0.717) is 30.9 Å². The number of carbonyl (C=O) groups excluding carboxylic acids is 1. The maximum atomic E-state index is 13.2. The molecule has 0 aromatic heterocycles. The Labute approximate surface area is 188 Å². The number of nitrogens with two attached hydrogens (primary N) is 1. The van der Waals surface area contributed by atoms with Crippen molar-refractivity contribution in [3.05, 3.63) is 90.0 Å². The maximum absolute atomic E-state index is 13.2. The summed E-state index contributed by atoms with van der Waals surface area (Å²) in [5.74, 6) is -0.0581. The van der Waals surface area contributed by atoms with Gasteiger partial charge in [-0.2, -0.15) is 0 Å². The Hall–Kier alpha value is -3.36. The molecule has 3 aromatic carbocycles. The van der Waals surface area contributed by atoms with E-state index in [4.69, 9.17) is 5.73 Å². The first-order valence-corrected chi connectivity index (χ1v) is 12.1. The zero-order valence-corrected chi connectivity index (χ0v) is 18.4. The van der Waals surface area contributed by atoms with E-state index in [1.165, 1.54) is 4.31 Å². The van der Waals surface area contributed by atoms with Crippen molar-refractivity contribution in [3.63, 3.8) is 0 Å². The van der Waals surface area contributed by atoms with Crippen molar-refractivity contribution < 1.29 is 13.2 Å². The van der Waals surface area contributed by atoms with Crippen molar-refractivity contribution in [2.45, 2.75) is 19.0 Å². The number of anilines is 3. The van der Waals surface area contributed by atoms with Crippen molar-refractivity contribution in [2.24, 2.45) is 5.73 Å². The summed E-state index contributed by atoms with van der Waals surface area (Å²) in [4.78, 5) is 13.2. The van der Waals surface area contributed by atoms with Gasteiger partial charge in [0.05, 0.1) is 11.4 Å². The Morgan fingerprint density at radius 3 is 2.38 bits per heavy atom. The van der Waals surface area contributed by atoms with Crippen LogP contribution < -0.4 is 20.7 Å². The van der Waals surface area contributed by atoms with Gasteiger partial charge in [0, 0.05) is 24.5 Å². The van der Waals surface area contributed by atoms with Gasteiger partial charge in [0.1, 0.15) is 6.04 Å². The summed E-state index contributed by atoms with van der Waals surface area (Å²) in [5.41, 5.74) is 9.54. The van der Waals surface area contributed by atoms with Crippen LogP contribution in [0.4, 0.5) is 17.1 Å². The van der Waals surface area contributed by atoms with Crippen LogP contribution in [0.25, 0.3) is 0 Å². The molecule has 4 rings (SSSR count). The van der Waals surface area contributed by atoms with Gasteiger partial charge in [-0.05, 0) is 53.9 Å². The zero-order chi connectivity index (χ0) is 22.6. The summed E-state index contributed by atoms with van der Waals surface area (Å²) in [6, 6.07) is 23.4. The Morgan fingerprint density at radius 2 is 1.72 bits per heavy atom. The summed E-state index contributed by atoms with van der Waals surface area (Å²) >= 11 is 0. The molecular formula is C24H26N4O3S. The minimum absolute atomic E-state index is 0.168. The molecule has 1 aliphatic rings. The number of benzene rings is 3. The summed E-state index contributed by atoms with van der Waals surface area (Å²) in [5, 5.41) is 6.24. The summed E-state index contributed by atoms with van der Waals surface area (Å²) in [7, 11) is -3.24. The quantitative estimate of drug-likeness (QED) is 0.511. The Bertz CT molecular complexity index is 1180. The molecule has 0 spiro atoms. The molecule has 1 heterocycles. The summed E-state index contributed by atoms with van der Waals surface area (Å²) in [6.07, 6.45) is 0.622. The molecule has 1 fully saturated rings. The molecule has 1 amide bonds. The molecule has 1 saturated heterocycles. The van der Waals surface area contributed by atoms with Gasteiger partial charge in [0.15, 0.2) is 0 Å². The number of rotatable bonds is 7. The highest BCUT2D eigenvalue weighted by atomic mass is 32.2. The fourth-order valence-corrected chi connectivity index (χ4v) is 5.32. The lowest BCUT2D eigenvalue weighted by atomic mass is 10.0. The third-order valence-electron chi connectivity index (χ3n) is 5.39. The number of carbonyl (C=O) groups is 1. The molecule has 1 unspecified atom stereocenters. The molecule has 3 aromatic rings. The molecule has 1 atom stereocenters. The van der Waals surface area contributed by atoms with Gasteiger partial charge in [-0.15, -0.1) is 0 Å². The lowest BCUT2D eigenvalue weighted by Gasteiger charge is -2.21. The van der Waals surface area contributed by atoms with E-state index in [-0.39, 0.29) is 11.7 Å². The van der Waals surface area contributed by atoms with Crippen LogP contribution in [0, 0.1) is 0 Å². The molecule has 166 valence electrons. The van der Waals surface area contributed by atoms with Gasteiger partial charge in [0.2, 0.25) is 10.0 Å². The zero-order valence-electron chi connectivity index (χ0n) is 17.6. The Kier molecular flexibility index (Phi) is 6.43. The average Bonchev–Trinajstić information content (AvgIpc) is 3.17. The molecule has 0 saturated carbocycles. The van der Waals surface area contributed by atoms with Crippen molar-refractivity contribution in [3.8, 4) is 0 Å². The number of amides is 1. The molecule has 7 nitrogen and oxygen atoms in total. The number of nitrogens with one attached hydrogen (secondary N) is 2. The van der Waals surface area contributed by atoms with Gasteiger partial charge in [-0.25, -0.2) is 8.42 Å². The van der Waals surface area contributed by atoms with Crippen LogP contribution in [-0.4, -0.2) is 26.6 Å². The Balaban J connectivity index is 1.53. The van der Waals surface area contributed by atoms with E-state index >= 15 is 0 Å². The first kappa shape index (κ1) is 21.9. The van der Waals surface area contributed by atoms with Gasteiger partial charge < -0.3 is 16.4 Å². The van der Waals surface area contributed by atoms with E-state index in [0.717, 1.165) is 16.8 Å². The molecular weight excluding hydrogens is 424 g/mol. The molecule has 0 aliphatic carbocycles. The largest absolute Gasteiger partial charge is 0.370 e. The minimum Gasteiger partial charge on any atom is -0.370 e. The number of hydrogen-bond donors (Lipinski definition) is 3. The summed E-state index contributed by atoms with van der Waals surface area (Å²) in [6.45, 7) is 0.896. The van der Waals surface area contributed by atoms with Crippen LogP contribution in [0.2, 0.25) is 0 Å². The van der Waals surface area contributed by atoms with Crippen LogP contribution in [0.15, 0.2) is 78.9 Å². The van der Waals surface area contributed by atoms with Crippen LogP contribution in [0.3, 0.4) is 0 Å². The highest BCUT2D eigenvalue weighted by Crippen LogP contribution is 2.27. The normalized spacial score (nSPS) is 15.8. The van der Waals surface area contributed by atoms with E-state index in [1.807, 2.05) is 54.6 Å². The molecule has 4 N–H and O–H groups in total. The minimum atomic E-state index is -3.24. The van der Waals surface area contributed by atoms with Crippen LogP contribution >= 0.6 is 0 Å². The second-order valence-corrected chi connectivity index (χ2v) is 9.68. The SMILES string of the molecule is NCc1cccc(NC(C(=O)Nc2ccc(N3CCCS3(=O)=O)cc2)c2ccccc2)c1. The van der Waals surface area contributed by atoms with E-state index in [2.05, 4.69) is 10.6 Å². The van der Waals surface area contributed by atoms with E-state index in [9.17, 15) is 13.2 Å². The van der Waals surface area contributed by atoms with E-state index in [1.54, 1.807) is 24.3 Å². The lowest BCUT2D eigenvalue weighted by Crippen LogP contribution is -2.27. The number of nitrogens with zero attached hydrogens (tertiary/aromatic N) is 1. The molecule has 0 radical (unpaired) electrons. The molecule has 8 heteroatoms. The summed E-state index contributed by atoms with van der Waals surface area (Å²) < 4.78 is 25.7. The highest BCUT2D eigenvalue weighted by molar-refractivity contribution is 7.93. The van der Waals surface area contributed by atoms with Crippen molar-refractivity contribution in [2.75, 3.05) is 27.2 Å². The maximum Gasteiger partial charge on any atom is 0.251 e. The number of sulfonamides is 1. The van der Waals surface area contributed by atoms with Gasteiger partial charge in [0.25, 0.3) is 5.91 Å². The fraction of sp³-hybridized carbons (Fsp3) is 0.208. The Morgan fingerprint density at radius 1 is 0.969 bits per heavy atom. The van der Waals surface area contributed by atoms with Crippen molar-refractivity contribution >= 4 is 33.0 Å². The van der Waals surface area contributed by atoms with E-state index < -0.39 is 16.1 Å². The topological polar surface area (TPSA) is 105 Å². The highest BCUT2D eigenvalue weighted by Gasteiger charge is 2.28. The van der Waals surface area contributed by atoms with Crippen LogP contribution in [0.1, 0.15) is 23.6 Å². The lowest BCUT2D eigenvalue weighted by molar-refractivity contribution is -0.117. The average molecular weight is 451 g/mol. The monoisotopic (exact) mass is 450 g/mol. The van der Waals surface area contributed by atoms with Gasteiger partial charge >= 0.3 is 0 Å². The molecule has 0 bridgehead atoms. The second-order valence-electron chi connectivity index (χ2n) is 7.67. The fourth-order valence-electron chi connectivity index (χ4n) is 3.76. The standard InChI is InChI=1S/C24H26N4O3S/c25-17-18-6-4-9-21(16-18)26-23(19-7-2-1-3-8-19)24(29)27-20-10-12-22(13-11-20)28-14-5-15-32(28,30)31/h1-4,6-13,16,23,26H,5,14-15,17,25H2,(H,27,29). The third-order valence-corrected chi connectivity index (χ3v) is 7.26. The second kappa shape index (κ2) is 9.42. The number of hydrogen-bond acceptors (Lipinski definition) is 5. The first-order valence-electron chi connectivity index (χ1n) is 10.5. The first-order chi connectivity index (χ1) is 15.5. The van der Waals surface area contributed by atoms with Crippen molar-refractivity contribution in [1.82, 2.24) is 0 Å². The predicted molar refractivity (Wildman–Crippen MR) is 128 cm³/mol. The molecule has 1 aliphatic heterocycles.